The van der Waals surface area contributed by atoms with Crippen LogP contribution in [0.15, 0.2) is 0 Å². The fourth-order valence-corrected chi connectivity index (χ4v) is 0.671. The van der Waals surface area contributed by atoms with Crippen molar-refractivity contribution in [1.82, 2.24) is 4.90 Å². The van der Waals surface area contributed by atoms with Gasteiger partial charge >= 0.3 is 29.6 Å². The van der Waals surface area contributed by atoms with E-state index < -0.39 is 0 Å². The molecule has 0 aliphatic heterocycles. The maximum absolute atomic E-state index is 2.38. The Morgan fingerprint density at radius 1 is 0.875 bits per heavy atom. The normalized spacial score (nSPS) is 9.00. The quantitative estimate of drug-likeness (QED) is 0.408. The minimum absolute atomic E-state index is 0. The number of nitrogens with zero attached hydrogens (tertiary/aromatic N) is 1. The Labute approximate surface area is 74.7 Å². The van der Waals surface area contributed by atoms with E-state index in [9.17, 15) is 0 Å². The largest absolute Gasteiger partial charge is 1.00 e. The van der Waals surface area contributed by atoms with E-state index in [4.69, 9.17) is 0 Å². The van der Waals surface area contributed by atoms with Crippen LogP contribution in [0, 0.1) is 0 Å². The summed E-state index contributed by atoms with van der Waals surface area (Å²) in [4.78, 5) is 2.38. The Bertz CT molecular complexity index is 30.0. The van der Waals surface area contributed by atoms with Crippen LogP contribution < -0.4 is 29.6 Å². The van der Waals surface area contributed by atoms with Gasteiger partial charge in [-0.25, -0.2) is 0 Å². The van der Waals surface area contributed by atoms with Crippen LogP contribution in [-0.2, 0) is 0 Å². The molecule has 0 unspecified atom stereocenters. The van der Waals surface area contributed by atoms with Gasteiger partial charge in [0.2, 0.25) is 0 Å². The summed E-state index contributed by atoms with van der Waals surface area (Å²) in [6.45, 7) is 10.1. The smallest absolute Gasteiger partial charge is 0.304 e. The van der Waals surface area contributed by atoms with E-state index in [1.165, 1.54) is 19.6 Å². The molecule has 0 aromatic heterocycles. The Kier molecular flexibility index (Phi) is 11.7. The van der Waals surface area contributed by atoms with E-state index in [0.717, 1.165) is 0 Å². The summed E-state index contributed by atoms with van der Waals surface area (Å²) in [5.74, 6) is 0. The number of hydrogen-bond acceptors (Lipinski definition) is 1. The van der Waals surface area contributed by atoms with Crippen LogP contribution in [0.1, 0.15) is 20.8 Å². The van der Waals surface area contributed by atoms with Gasteiger partial charge in [0.05, 0.1) is 0 Å². The van der Waals surface area contributed by atoms with E-state index >= 15 is 0 Å². The molecule has 0 aromatic rings. The van der Waals surface area contributed by atoms with Crippen molar-refractivity contribution < 1.29 is 29.6 Å². The summed E-state index contributed by atoms with van der Waals surface area (Å²) in [5, 5.41) is 0. The Balaban J connectivity index is 0. The second kappa shape index (κ2) is 7.96. The van der Waals surface area contributed by atoms with Crippen molar-refractivity contribution in [2.24, 2.45) is 0 Å². The van der Waals surface area contributed by atoms with Gasteiger partial charge in [0, 0.05) is 0 Å². The van der Waals surface area contributed by atoms with Crippen molar-refractivity contribution >= 4 is 0 Å². The van der Waals surface area contributed by atoms with Crippen molar-refractivity contribution in [2.45, 2.75) is 20.8 Å². The first-order chi connectivity index (χ1) is 3.35. The minimum Gasteiger partial charge on any atom is -0.304 e. The molecule has 8 heavy (non-hydrogen) atoms. The molecule has 0 saturated carbocycles. The minimum atomic E-state index is 0. The van der Waals surface area contributed by atoms with Crippen LogP contribution in [-0.4, -0.2) is 24.5 Å². The first-order valence-electron chi connectivity index (χ1n) is 3.07. The molecule has 0 aromatic carbocycles. The molecule has 0 atom stereocenters. The molecule has 0 spiro atoms. The molecule has 0 N–H and O–H groups in total. The van der Waals surface area contributed by atoms with Gasteiger partial charge in [0.1, 0.15) is 0 Å². The van der Waals surface area contributed by atoms with Crippen LogP contribution in [0.3, 0.4) is 0 Å². The van der Waals surface area contributed by atoms with Crippen LogP contribution >= 0.6 is 0 Å². The summed E-state index contributed by atoms with van der Waals surface area (Å²) in [7, 11) is 0. The molecule has 44 valence electrons. The van der Waals surface area contributed by atoms with Crippen molar-refractivity contribution in [2.75, 3.05) is 19.6 Å². The van der Waals surface area contributed by atoms with Crippen LogP contribution in [0.25, 0.3) is 0 Å². The summed E-state index contributed by atoms with van der Waals surface area (Å²) < 4.78 is 0. The summed E-state index contributed by atoms with van der Waals surface area (Å²) in [5.41, 5.74) is 0. The first-order valence-corrected chi connectivity index (χ1v) is 3.07. The van der Waals surface area contributed by atoms with Crippen molar-refractivity contribution in [3.05, 3.63) is 0 Å². The topological polar surface area (TPSA) is 3.24 Å². The van der Waals surface area contributed by atoms with Gasteiger partial charge in [-0.1, -0.05) is 20.8 Å². The van der Waals surface area contributed by atoms with Gasteiger partial charge < -0.3 is 4.90 Å². The summed E-state index contributed by atoms with van der Waals surface area (Å²) >= 11 is 0. The molecule has 0 aliphatic rings. The molecule has 0 fully saturated rings. The Morgan fingerprint density at radius 3 is 1.12 bits per heavy atom. The van der Waals surface area contributed by atoms with Gasteiger partial charge in [-0.2, -0.15) is 0 Å². The van der Waals surface area contributed by atoms with Gasteiger partial charge in [0.25, 0.3) is 0 Å². The zero-order valence-corrected chi connectivity index (χ0v) is 8.57. The maximum atomic E-state index is 2.38. The van der Waals surface area contributed by atoms with Gasteiger partial charge in [-0.15, -0.1) is 0 Å². The monoisotopic (exact) mass is 124 g/mol. The van der Waals surface area contributed by atoms with E-state index in [2.05, 4.69) is 25.7 Å². The second-order valence-electron chi connectivity index (χ2n) is 1.62. The van der Waals surface area contributed by atoms with E-state index in [0.29, 0.717) is 0 Å². The molecule has 0 amide bonds. The zero-order chi connectivity index (χ0) is 5.70. The van der Waals surface area contributed by atoms with Crippen molar-refractivity contribution in [3.63, 3.8) is 0 Å². The maximum Gasteiger partial charge on any atom is 1.00 e. The number of hydrogen-bond donors (Lipinski definition) is 0. The third-order valence-corrected chi connectivity index (χ3v) is 1.34. The van der Waals surface area contributed by atoms with Crippen molar-refractivity contribution in [1.29, 1.82) is 0 Å². The van der Waals surface area contributed by atoms with Crippen molar-refractivity contribution in [3.8, 4) is 0 Å². The fraction of sp³-hybridized carbons (Fsp3) is 1.00. The van der Waals surface area contributed by atoms with E-state index in [1.807, 2.05) is 0 Å². The first kappa shape index (κ1) is 11.7. The third kappa shape index (κ3) is 5.10. The molecule has 2 heteroatoms. The molecular weight excluding hydrogens is 109 g/mol. The number of rotatable bonds is 3. The predicted octanol–water partition coefficient (Wildman–Crippen LogP) is -1.65. The summed E-state index contributed by atoms with van der Waals surface area (Å²) in [6.07, 6.45) is 0. The van der Waals surface area contributed by atoms with E-state index in [-0.39, 0.29) is 29.6 Å². The molecule has 0 heterocycles. The molecule has 1 nitrogen and oxygen atoms in total. The average Bonchev–Trinajstić information content (AvgIpc) is 1.72. The Hall–Kier alpha value is 0.960. The molecule has 0 saturated heterocycles. The SMILES string of the molecule is CCN(CC)CC.[Na+]. The van der Waals surface area contributed by atoms with Gasteiger partial charge in [0.15, 0.2) is 0 Å². The van der Waals surface area contributed by atoms with Gasteiger partial charge in [-0.05, 0) is 19.6 Å². The molecule has 0 rings (SSSR count). The molecule has 0 bridgehead atoms. The third-order valence-electron chi connectivity index (χ3n) is 1.34. The second-order valence-corrected chi connectivity index (χ2v) is 1.62. The zero-order valence-electron chi connectivity index (χ0n) is 6.57. The predicted molar refractivity (Wildman–Crippen MR) is 33.5 cm³/mol. The van der Waals surface area contributed by atoms with E-state index in [1.54, 1.807) is 0 Å². The molecule has 0 aliphatic carbocycles. The molecular formula is C6H15NNa+. The van der Waals surface area contributed by atoms with Crippen LogP contribution in [0.2, 0.25) is 0 Å². The van der Waals surface area contributed by atoms with Crippen LogP contribution in [0.4, 0.5) is 0 Å². The Morgan fingerprint density at radius 2 is 1.12 bits per heavy atom. The van der Waals surface area contributed by atoms with Crippen LogP contribution in [0.5, 0.6) is 0 Å². The average molecular weight is 124 g/mol. The standard InChI is InChI=1S/C6H15N.Na/c1-4-7(5-2)6-3;/h4-6H2,1-3H3;/q;+1. The fourth-order valence-electron chi connectivity index (χ4n) is 0.671. The molecule has 0 radical (unpaired) electrons. The van der Waals surface area contributed by atoms with Gasteiger partial charge in [-0.3, -0.25) is 0 Å². The summed E-state index contributed by atoms with van der Waals surface area (Å²) in [6, 6.07) is 0.